The minimum atomic E-state index is -0.562. The first-order valence-electron chi connectivity index (χ1n) is 6.74. The van der Waals surface area contributed by atoms with Crippen LogP contribution in [0.4, 0.5) is 5.69 Å². The second kappa shape index (κ2) is 7.58. The maximum atomic E-state index is 12.0. The first-order valence-corrected chi connectivity index (χ1v) is 6.74. The summed E-state index contributed by atoms with van der Waals surface area (Å²) in [6.45, 7) is 3.51. The summed E-state index contributed by atoms with van der Waals surface area (Å²) in [6, 6.07) is 4.18. The van der Waals surface area contributed by atoms with Gasteiger partial charge < -0.3 is 15.0 Å². The molecule has 0 fully saturated rings. The Morgan fingerprint density at radius 2 is 2.14 bits per heavy atom. The van der Waals surface area contributed by atoms with Crippen LogP contribution in [0.2, 0.25) is 0 Å². The summed E-state index contributed by atoms with van der Waals surface area (Å²) in [5.41, 5.74) is 0.0443. The summed E-state index contributed by atoms with van der Waals surface area (Å²) in [5, 5.41) is 13.7. The maximum absolute atomic E-state index is 12.0. The third-order valence-electron chi connectivity index (χ3n) is 3.01. The van der Waals surface area contributed by atoms with Gasteiger partial charge in [-0.2, -0.15) is 0 Å². The number of carbonyl (C=O) groups excluding carboxylic acids is 1. The number of amides is 1. The molecular formula is C14H22N3O4+. The molecule has 0 saturated carbocycles. The Bertz CT molecular complexity index is 517. The Hall–Kier alpha value is -2.15. The molecule has 21 heavy (non-hydrogen) atoms. The van der Waals surface area contributed by atoms with E-state index in [1.165, 1.54) is 30.2 Å². The van der Waals surface area contributed by atoms with E-state index >= 15 is 0 Å². The molecule has 1 aromatic rings. The molecule has 1 rings (SSSR count). The van der Waals surface area contributed by atoms with Crippen LogP contribution in [0, 0.1) is 16.0 Å². The Labute approximate surface area is 124 Å². The first-order chi connectivity index (χ1) is 9.85. The van der Waals surface area contributed by atoms with E-state index < -0.39 is 4.92 Å². The Kier molecular flexibility index (Phi) is 6.10. The van der Waals surface area contributed by atoms with Crippen LogP contribution in [-0.4, -0.2) is 45.1 Å². The molecular weight excluding hydrogens is 274 g/mol. The molecule has 0 spiro atoms. The average Bonchev–Trinajstić information content (AvgIpc) is 2.43. The normalized spacial score (nSPS) is 12.0. The van der Waals surface area contributed by atoms with Gasteiger partial charge in [-0.1, -0.05) is 6.92 Å². The molecule has 0 aliphatic carbocycles. The van der Waals surface area contributed by atoms with E-state index in [2.05, 4.69) is 5.32 Å². The molecule has 0 saturated heterocycles. The SMILES string of the molecule is COc1ccc(C(=O)NC[C@H](C)C[NH+](C)C)cc1[N+](=O)[O-]. The lowest BCUT2D eigenvalue weighted by Gasteiger charge is -2.15. The summed E-state index contributed by atoms with van der Waals surface area (Å²) >= 11 is 0. The molecule has 2 N–H and O–H groups in total. The lowest BCUT2D eigenvalue weighted by atomic mass is 10.1. The fourth-order valence-electron chi connectivity index (χ4n) is 2.11. The maximum Gasteiger partial charge on any atom is 0.311 e. The van der Waals surface area contributed by atoms with Crippen molar-refractivity contribution in [1.82, 2.24) is 5.32 Å². The van der Waals surface area contributed by atoms with Gasteiger partial charge in [0.15, 0.2) is 5.75 Å². The van der Waals surface area contributed by atoms with Gasteiger partial charge in [-0.3, -0.25) is 14.9 Å². The van der Waals surface area contributed by atoms with Crippen molar-refractivity contribution in [2.75, 3.05) is 34.3 Å². The van der Waals surface area contributed by atoms with Crippen LogP contribution in [0.3, 0.4) is 0 Å². The molecule has 0 unspecified atom stereocenters. The van der Waals surface area contributed by atoms with E-state index in [4.69, 9.17) is 4.74 Å². The van der Waals surface area contributed by atoms with E-state index in [1.54, 1.807) is 0 Å². The first kappa shape index (κ1) is 16.9. The van der Waals surface area contributed by atoms with Crippen molar-refractivity contribution in [3.8, 4) is 5.75 Å². The van der Waals surface area contributed by atoms with Gasteiger partial charge in [0, 0.05) is 24.1 Å². The van der Waals surface area contributed by atoms with Gasteiger partial charge in [-0.05, 0) is 12.1 Å². The minimum absolute atomic E-state index is 0.140. The van der Waals surface area contributed by atoms with Crippen LogP contribution in [0.1, 0.15) is 17.3 Å². The number of benzene rings is 1. The number of hydrogen-bond acceptors (Lipinski definition) is 4. The number of nitro groups is 1. The van der Waals surface area contributed by atoms with E-state index in [0.29, 0.717) is 12.5 Å². The van der Waals surface area contributed by atoms with Gasteiger partial charge in [-0.25, -0.2) is 0 Å². The zero-order chi connectivity index (χ0) is 16.0. The predicted molar refractivity (Wildman–Crippen MR) is 78.8 cm³/mol. The molecule has 116 valence electrons. The quantitative estimate of drug-likeness (QED) is 0.552. The number of carbonyl (C=O) groups is 1. The zero-order valence-corrected chi connectivity index (χ0v) is 12.8. The molecule has 0 aliphatic rings. The Balaban J connectivity index is 2.75. The summed E-state index contributed by atoms with van der Waals surface area (Å²) in [6.07, 6.45) is 0. The molecule has 0 aromatic heterocycles. The monoisotopic (exact) mass is 296 g/mol. The van der Waals surface area contributed by atoms with Crippen molar-refractivity contribution in [2.24, 2.45) is 5.92 Å². The summed E-state index contributed by atoms with van der Waals surface area (Å²) in [5.74, 6) is 0.148. The smallest absolute Gasteiger partial charge is 0.311 e. The zero-order valence-electron chi connectivity index (χ0n) is 12.8. The summed E-state index contributed by atoms with van der Waals surface area (Å²) in [7, 11) is 5.45. The fraction of sp³-hybridized carbons (Fsp3) is 0.500. The van der Waals surface area contributed by atoms with Gasteiger partial charge in [0.25, 0.3) is 5.91 Å². The largest absolute Gasteiger partial charge is 0.490 e. The van der Waals surface area contributed by atoms with Gasteiger partial charge in [-0.15, -0.1) is 0 Å². The predicted octanol–water partition coefficient (Wildman–Crippen LogP) is 0.114. The Morgan fingerprint density at radius 1 is 1.48 bits per heavy atom. The number of nitrogens with zero attached hydrogens (tertiary/aromatic N) is 1. The number of ether oxygens (including phenoxy) is 1. The molecule has 1 amide bonds. The van der Waals surface area contributed by atoms with Crippen molar-refractivity contribution in [1.29, 1.82) is 0 Å². The van der Waals surface area contributed by atoms with Crippen LogP contribution in [0.25, 0.3) is 0 Å². The van der Waals surface area contributed by atoms with E-state index in [-0.39, 0.29) is 22.9 Å². The number of nitro benzene ring substituents is 1. The molecule has 0 bridgehead atoms. The lowest BCUT2D eigenvalue weighted by Crippen LogP contribution is -3.06. The molecule has 0 heterocycles. The average molecular weight is 296 g/mol. The van der Waals surface area contributed by atoms with Gasteiger partial charge in [0.05, 0.1) is 32.7 Å². The standard InChI is InChI=1S/C14H21N3O4/c1-10(9-16(2)3)8-15-14(18)11-5-6-13(21-4)12(7-11)17(19)20/h5-7,10H,8-9H2,1-4H3,(H,15,18)/p+1/t10-/m0/s1. The highest BCUT2D eigenvalue weighted by atomic mass is 16.6. The van der Waals surface area contributed by atoms with Crippen molar-refractivity contribution >= 4 is 11.6 Å². The van der Waals surface area contributed by atoms with Crippen LogP contribution >= 0.6 is 0 Å². The van der Waals surface area contributed by atoms with Gasteiger partial charge in [0.2, 0.25) is 0 Å². The van der Waals surface area contributed by atoms with Gasteiger partial charge in [0.1, 0.15) is 0 Å². The molecule has 0 radical (unpaired) electrons. The van der Waals surface area contributed by atoms with Crippen molar-refractivity contribution in [2.45, 2.75) is 6.92 Å². The number of rotatable bonds is 7. The van der Waals surface area contributed by atoms with E-state index in [0.717, 1.165) is 6.54 Å². The third-order valence-corrected chi connectivity index (χ3v) is 3.01. The van der Waals surface area contributed by atoms with Crippen LogP contribution < -0.4 is 15.0 Å². The van der Waals surface area contributed by atoms with Crippen LogP contribution in [-0.2, 0) is 0 Å². The molecule has 7 heteroatoms. The highest BCUT2D eigenvalue weighted by molar-refractivity contribution is 5.95. The number of nitrogens with one attached hydrogen (secondary N) is 2. The molecule has 1 atom stereocenters. The highest BCUT2D eigenvalue weighted by Gasteiger charge is 2.18. The van der Waals surface area contributed by atoms with E-state index in [1.807, 2.05) is 21.0 Å². The van der Waals surface area contributed by atoms with Gasteiger partial charge >= 0.3 is 5.69 Å². The van der Waals surface area contributed by atoms with Crippen molar-refractivity contribution < 1.29 is 19.4 Å². The second-order valence-electron chi connectivity index (χ2n) is 5.37. The highest BCUT2D eigenvalue weighted by Crippen LogP contribution is 2.27. The molecule has 1 aromatic carbocycles. The topological polar surface area (TPSA) is 85.9 Å². The Morgan fingerprint density at radius 3 is 2.67 bits per heavy atom. The lowest BCUT2D eigenvalue weighted by molar-refractivity contribution is -0.861. The second-order valence-corrected chi connectivity index (χ2v) is 5.37. The van der Waals surface area contributed by atoms with E-state index in [9.17, 15) is 14.9 Å². The van der Waals surface area contributed by atoms with Crippen molar-refractivity contribution in [3.63, 3.8) is 0 Å². The summed E-state index contributed by atoms with van der Waals surface area (Å²) < 4.78 is 4.91. The fourth-order valence-corrected chi connectivity index (χ4v) is 2.11. The van der Waals surface area contributed by atoms with Crippen LogP contribution in [0.5, 0.6) is 5.75 Å². The van der Waals surface area contributed by atoms with Crippen molar-refractivity contribution in [3.05, 3.63) is 33.9 Å². The molecule has 7 nitrogen and oxygen atoms in total. The number of methoxy groups -OCH3 is 1. The molecule has 0 aliphatic heterocycles. The summed E-state index contributed by atoms with van der Waals surface area (Å²) in [4.78, 5) is 23.7. The van der Waals surface area contributed by atoms with Crippen LogP contribution in [0.15, 0.2) is 18.2 Å². The minimum Gasteiger partial charge on any atom is -0.490 e. The third kappa shape index (κ3) is 5.03. The number of quaternary nitrogens is 1. The number of hydrogen-bond donors (Lipinski definition) is 2.